The monoisotopic (exact) mass is 510 g/mol. The predicted molar refractivity (Wildman–Crippen MR) is 131 cm³/mol. The van der Waals surface area contributed by atoms with E-state index < -0.39 is 0 Å². The summed E-state index contributed by atoms with van der Waals surface area (Å²) in [5.41, 5.74) is 2.59. The Bertz CT molecular complexity index is 926. The van der Waals surface area contributed by atoms with Crippen LogP contribution in [0, 0.1) is 0 Å². The number of benzene rings is 2. The predicted octanol–water partition coefficient (Wildman–Crippen LogP) is 7.42. The van der Waals surface area contributed by atoms with Crippen LogP contribution in [-0.4, -0.2) is 20.4 Å². The fraction of sp³-hybridized carbons (Fsp3) is 0.111. The Morgan fingerprint density at radius 2 is 0.966 bits per heavy atom. The van der Waals surface area contributed by atoms with Crippen molar-refractivity contribution >= 4 is 77.6 Å². The second-order valence-electron chi connectivity index (χ2n) is 5.45. The molecular weight excluding hydrogens is 497 g/mol. The molecule has 2 heterocycles. The third-order valence-corrected chi connectivity index (χ3v) is 12.0. The SMILES string of the molecule is c1ccc(CSc2nnc(SSSc3nnc(SCc4ccccc4)s3)s2)cc1. The van der Waals surface area contributed by atoms with Crippen molar-refractivity contribution in [2.75, 3.05) is 0 Å². The van der Waals surface area contributed by atoms with E-state index in [1.54, 1.807) is 77.6 Å². The maximum atomic E-state index is 4.27. The third-order valence-electron chi connectivity index (χ3n) is 3.40. The summed E-state index contributed by atoms with van der Waals surface area (Å²) in [4.78, 5) is 0. The molecule has 4 nitrogen and oxygen atoms in total. The quantitative estimate of drug-likeness (QED) is 0.160. The fourth-order valence-corrected chi connectivity index (χ4v) is 10.7. The molecule has 0 unspecified atom stereocenters. The standard InChI is InChI=1S/C18H14N4S7/c1-3-7-13(8-4-1)11-23-15-19-21-17(25-15)27-29-28-18-22-20-16(26-18)24-12-14-9-5-2-6-10-14/h1-10H,11-12H2. The molecule has 11 heteroatoms. The van der Waals surface area contributed by atoms with E-state index in [9.17, 15) is 0 Å². The third kappa shape index (κ3) is 7.20. The number of hydrogen-bond donors (Lipinski definition) is 0. The van der Waals surface area contributed by atoms with Crippen LogP contribution in [0.15, 0.2) is 78.0 Å². The molecule has 0 aliphatic carbocycles. The molecule has 0 bridgehead atoms. The van der Waals surface area contributed by atoms with Gasteiger partial charge in [0, 0.05) is 11.5 Å². The van der Waals surface area contributed by atoms with Gasteiger partial charge in [0.05, 0.1) is 0 Å². The Labute approximate surface area is 197 Å². The molecule has 0 aliphatic heterocycles. The van der Waals surface area contributed by atoms with Gasteiger partial charge in [0.15, 0.2) is 17.4 Å². The molecule has 4 rings (SSSR count). The van der Waals surface area contributed by atoms with E-state index in [2.05, 4.69) is 68.9 Å². The highest BCUT2D eigenvalue weighted by Gasteiger charge is 2.10. The number of nitrogens with zero attached hydrogens (tertiary/aromatic N) is 4. The van der Waals surface area contributed by atoms with Crippen molar-refractivity contribution in [3.8, 4) is 0 Å². The highest BCUT2D eigenvalue weighted by Crippen LogP contribution is 2.47. The van der Waals surface area contributed by atoms with Gasteiger partial charge in [0.25, 0.3) is 0 Å². The van der Waals surface area contributed by atoms with Crippen LogP contribution in [0.1, 0.15) is 11.1 Å². The van der Waals surface area contributed by atoms with Gasteiger partial charge in [-0.15, -0.1) is 20.4 Å². The summed E-state index contributed by atoms with van der Waals surface area (Å²) < 4.78 is 3.91. The van der Waals surface area contributed by atoms with Crippen LogP contribution in [0.4, 0.5) is 0 Å². The lowest BCUT2D eigenvalue weighted by atomic mass is 10.2. The smallest absolute Gasteiger partial charge is 0.131 e. The minimum Gasteiger partial charge on any atom is -0.131 e. The topological polar surface area (TPSA) is 51.6 Å². The first kappa shape index (κ1) is 21.5. The van der Waals surface area contributed by atoms with Gasteiger partial charge in [-0.3, -0.25) is 0 Å². The Kier molecular flexibility index (Phi) is 8.64. The average molecular weight is 511 g/mol. The Balaban J connectivity index is 1.19. The van der Waals surface area contributed by atoms with Crippen molar-refractivity contribution in [1.29, 1.82) is 0 Å². The average Bonchev–Trinajstić information content (AvgIpc) is 3.42. The van der Waals surface area contributed by atoms with Gasteiger partial charge >= 0.3 is 0 Å². The van der Waals surface area contributed by atoms with Crippen LogP contribution < -0.4 is 0 Å². The Morgan fingerprint density at radius 3 is 1.41 bits per heavy atom. The molecule has 0 atom stereocenters. The summed E-state index contributed by atoms with van der Waals surface area (Å²) in [6.45, 7) is 0. The van der Waals surface area contributed by atoms with E-state index in [0.717, 1.165) is 28.9 Å². The molecule has 0 fully saturated rings. The molecule has 0 spiro atoms. The van der Waals surface area contributed by atoms with Gasteiger partial charge in [0.2, 0.25) is 0 Å². The van der Waals surface area contributed by atoms with Crippen LogP contribution in [0.5, 0.6) is 0 Å². The highest BCUT2D eigenvalue weighted by atomic mass is 33.5. The summed E-state index contributed by atoms with van der Waals surface area (Å²) in [7, 11) is 4.89. The van der Waals surface area contributed by atoms with Crippen LogP contribution in [0.25, 0.3) is 0 Å². The first-order valence-corrected chi connectivity index (χ1v) is 15.5. The van der Waals surface area contributed by atoms with Crippen molar-refractivity contribution in [1.82, 2.24) is 20.4 Å². The lowest BCUT2D eigenvalue weighted by Gasteiger charge is -1.96. The van der Waals surface area contributed by atoms with Crippen LogP contribution >= 0.6 is 77.6 Å². The van der Waals surface area contributed by atoms with Gasteiger partial charge in [-0.05, 0) is 42.5 Å². The maximum absolute atomic E-state index is 4.27. The van der Waals surface area contributed by atoms with Crippen LogP contribution in [0.2, 0.25) is 0 Å². The van der Waals surface area contributed by atoms with Crippen molar-refractivity contribution in [3.05, 3.63) is 71.8 Å². The molecule has 0 saturated carbocycles. The molecule has 0 radical (unpaired) electrons. The van der Waals surface area contributed by atoms with E-state index in [0.29, 0.717) is 0 Å². The Morgan fingerprint density at radius 1 is 0.552 bits per heavy atom. The first-order chi connectivity index (χ1) is 14.3. The van der Waals surface area contributed by atoms with E-state index >= 15 is 0 Å². The second kappa shape index (κ2) is 11.6. The molecule has 4 aromatic rings. The number of thioether (sulfide) groups is 2. The van der Waals surface area contributed by atoms with Crippen molar-refractivity contribution in [2.24, 2.45) is 0 Å². The minimum absolute atomic E-state index is 0.913. The van der Waals surface area contributed by atoms with Gasteiger partial charge < -0.3 is 0 Å². The summed E-state index contributed by atoms with van der Waals surface area (Å²) in [6.07, 6.45) is 0. The first-order valence-electron chi connectivity index (χ1n) is 8.37. The summed E-state index contributed by atoms with van der Waals surface area (Å²) >= 11 is 6.71. The largest absolute Gasteiger partial charge is 0.186 e. The number of hydrogen-bond acceptors (Lipinski definition) is 11. The van der Waals surface area contributed by atoms with E-state index in [4.69, 9.17) is 0 Å². The number of aromatic nitrogens is 4. The van der Waals surface area contributed by atoms with Gasteiger partial charge in [0.1, 0.15) is 0 Å². The van der Waals surface area contributed by atoms with Crippen LogP contribution in [0.3, 0.4) is 0 Å². The minimum atomic E-state index is 0.913. The van der Waals surface area contributed by atoms with E-state index in [1.807, 2.05) is 12.1 Å². The zero-order valence-corrected chi connectivity index (χ0v) is 20.5. The van der Waals surface area contributed by atoms with Gasteiger partial charge in [-0.25, -0.2) is 0 Å². The zero-order chi connectivity index (χ0) is 19.7. The van der Waals surface area contributed by atoms with Crippen molar-refractivity contribution < 1.29 is 0 Å². The molecule has 0 N–H and O–H groups in total. The molecule has 29 heavy (non-hydrogen) atoms. The van der Waals surface area contributed by atoms with Gasteiger partial charge in [-0.2, -0.15) is 0 Å². The molecule has 0 amide bonds. The fourth-order valence-electron chi connectivity index (χ4n) is 2.09. The Hall–Kier alpha value is -0.690. The lowest BCUT2D eigenvalue weighted by molar-refractivity contribution is 0.956. The van der Waals surface area contributed by atoms with E-state index in [-0.39, 0.29) is 0 Å². The van der Waals surface area contributed by atoms with Crippen molar-refractivity contribution in [3.63, 3.8) is 0 Å². The lowest BCUT2D eigenvalue weighted by Crippen LogP contribution is -1.78. The molecular formula is C18H14N4S7. The summed E-state index contributed by atoms with van der Waals surface area (Å²) in [6, 6.07) is 20.8. The number of rotatable bonds is 10. The van der Waals surface area contributed by atoms with Gasteiger partial charge in [-0.1, -0.05) is 107 Å². The summed E-state index contributed by atoms with van der Waals surface area (Å²) in [5.74, 6) is 1.83. The molecule has 0 saturated heterocycles. The molecule has 148 valence electrons. The normalized spacial score (nSPS) is 11.0. The molecule has 2 aromatic carbocycles. The highest BCUT2D eigenvalue weighted by molar-refractivity contribution is 9.09. The summed E-state index contributed by atoms with van der Waals surface area (Å²) in [5, 5.41) is 17.1. The molecule has 0 aliphatic rings. The molecule has 2 aromatic heterocycles. The van der Waals surface area contributed by atoms with Crippen molar-refractivity contribution in [2.45, 2.75) is 28.9 Å². The second-order valence-corrected chi connectivity index (χ2v) is 14.2. The zero-order valence-electron chi connectivity index (χ0n) is 14.8. The van der Waals surface area contributed by atoms with Crippen LogP contribution in [-0.2, 0) is 11.5 Å². The maximum Gasteiger partial charge on any atom is 0.186 e. The van der Waals surface area contributed by atoms with E-state index in [1.165, 1.54) is 11.1 Å².